The van der Waals surface area contributed by atoms with Crippen molar-refractivity contribution < 1.29 is 5.11 Å². The molecule has 0 saturated heterocycles. The predicted octanol–water partition coefficient (Wildman–Crippen LogP) is 1.17. The van der Waals surface area contributed by atoms with E-state index in [1.54, 1.807) is 10.9 Å². The molecule has 3 heterocycles. The number of anilines is 3. The summed E-state index contributed by atoms with van der Waals surface area (Å²) >= 11 is 0. The molecule has 0 spiro atoms. The Kier molecular flexibility index (Phi) is 3.39. The largest absolute Gasteiger partial charge is 0.395 e. The summed E-state index contributed by atoms with van der Waals surface area (Å²) in [5, 5.41) is 20.8. The fraction of sp³-hybridized carbons (Fsp3) is 0.133. The van der Waals surface area contributed by atoms with E-state index in [4.69, 9.17) is 10.8 Å². The zero-order valence-corrected chi connectivity index (χ0v) is 12.7. The van der Waals surface area contributed by atoms with Gasteiger partial charge in [0.1, 0.15) is 5.82 Å². The highest BCUT2D eigenvalue weighted by molar-refractivity contribution is 5.89. The van der Waals surface area contributed by atoms with E-state index in [2.05, 4.69) is 30.9 Å². The van der Waals surface area contributed by atoms with E-state index in [1.807, 2.05) is 30.5 Å². The van der Waals surface area contributed by atoms with E-state index < -0.39 is 0 Å². The first-order chi connectivity index (χ1) is 11.7. The first kappa shape index (κ1) is 14.3. The number of nitrogens with zero attached hydrogens (tertiary/aromatic N) is 4. The van der Waals surface area contributed by atoms with Crippen LogP contribution in [0.2, 0.25) is 0 Å². The molecule has 4 rings (SSSR count). The number of fused-ring (bicyclic) bond motifs is 2. The number of H-pyrrole nitrogens is 1. The first-order valence-electron chi connectivity index (χ1n) is 7.44. The average Bonchev–Trinajstić information content (AvgIpc) is 3.19. The van der Waals surface area contributed by atoms with Crippen molar-refractivity contribution in [1.82, 2.24) is 24.8 Å². The number of nitrogen functional groups attached to an aromatic ring is 1. The maximum Gasteiger partial charge on any atom is 0.224 e. The van der Waals surface area contributed by atoms with Crippen LogP contribution in [0.3, 0.4) is 0 Å². The number of aliphatic hydroxyl groups is 1. The van der Waals surface area contributed by atoms with Crippen LogP contribution in [0.1, 0.15) is 0 Å². The summed E-state index contributed by atoms with van der Waals surface area (Å²) in [6, 6.07) is 7.78. The van der Waals surface area contributed by atoms with Gasteiger partial charge in [0.2, 0.25) is 5.95 Å². The molecular weight excluding hydrogens is 308 g/mol. The summed E-state index contributed by atoms with van der Waals surface area (Å²) in [4.78, 5) is 8.48. The fourth-order valence-electron chi connectivity index (χ4n) is 2.58. The monoisotopic (exact) mass is 324 g/mol. The molecule has 6 N–H and O–H groups in total. The van der Waals surface area contributed by atoms with Crippen LogP contribution in [0.15, 0.2) is 36.7 Å². The van der Waals surface area contributed by atoms with E-state index in [-0.39, 0.29) is 12.6 Å². The number of benzene rings is 1. The quantitative estimate of drug-likeness (QED) is 0.372. The minimum absolute atomic E-state index is 0.00849. The van der Waals surface area contributed by atoms with Crippen molar-refractivity contribution in [2.24, 2.45) is 0 Å². The average molecular weight is 324 g/mol. The normalized spacial score (nSPS) is 11.2. The third-order valence-corrected chi connectivity index (χ3v) is 3.66. The third-order valence-electron chi connectivity index (χ3n) is 3.66. The lowest BCUT2D eigenvalue weighted by Crippen LogP contribution is -2.12. The molecule has 9 heteroatoms. The van der Waals surface area contributed by atoms with E-state index in [0.717, 1.165) is 22.0 Å². The molecule has 0 atom stereocenters. The van der Waals surface area contributed by atoms with Crippen LogP contribution in [0.4, 0.5) is 17.5 Å². The predicted molar refractivity (Wildman–Crippen MR) is 92.6 cm³/mol. The zero-order chi connectivity index (χ0) is 16.5. The van der Waals surface area contributed by atoms with Crippen molar-refractivity contribution in [3.8, 4) is 0 Å². The van der Waals surface area contributed by atoms with Gasteiger partial charge in [0.05, 0.1) is 29.4 Å². The standard InChI is InChI=1S/C15H16N8O/c16-15-19-13(17-4-6-24)11-3-5-23(14(11)20-15)22-10-2-1-9-8-18-21-12(9)7-10/h1-3,5,7-8,22,24H,4,6H2,(H,18,21)(H3,16,17,19,20). The van der Waals surface area contributed by atoms with Gasteiger partial charge in [-0.1, -0.05) is 0 Å². The molecule has 24 heavy (non-hydrogen) atoms. The number of rotatable bonds is 5. The summed E-state index contributed by atoms with van der Waals surface area (Å²) in [7, 11) is 0. The van der Waals surface area contributed by atoms with Crippen LogP contribution >= 0.6 is 0 Å². The highest BCUT2D eigenvalue weighted by Crippen LogP contribution is 2.23. The lowest BCUT2D eigenvalue weighted by Gasteiger charge is -2.10. The Labute approximate surface area is 136 Å². The lowest BCUT2D eigenvalue weighted by atomic mass is 10.2. The minimum atomic E-state index is 0.00849. The number of nitrogens with two attached hydrogens (primary N) is 1. The Morgan fingerprint density at radius 1 is 1.25 bits per heavy atom. The lowest BCUT2D eigenvalue weighted by molar-refractivity contribution is 0.311. The van der Waals surface area contributed by atoms with Gasteiger partial charge in [-0.05, 0) is 24.3 Å². The van der Waals surface area contributed by atoms with Gasteiger partial charge >= 0.3 is 0 Å². The van der Waals surface area contributed by atoms with E-state index in [9.17, 15) is 0 Å². The van der Waals surface area contributed by atoms with Crippen molar-refractivity contribution in [1.29, 1.82) is 0 Å². The summed E-state index contributed by atoms with van der Waals surface area (Å²) in [6.45, 7) is 0.398. The van der Waals surface area contributed by atoms with Crippen molar-refractivity contribution >= 4 is 39.4 Å². The van der Waals surface area contributed by atoms with E-state index in [1.165, 1.54) is 0 Å². The molecule has 3 aromatic heterocycles. The number of nitrogens with one attached hydrogen (secondary N) is 3. The SMILES string of the molecule is Nc1nc(NCCO)c2ccn(Nc3ccc4cn[nH]c4c3)c2n1. The van der Waals surface area contributed by atoms with Gasteiger partial charge in [0.25, 0.3) is 0 Å². The molecule has 9 nitrogen and oxygen atoms in total. The Morgan fingerprint density at radius 3 is 3.04 bits per heavy atom. The molecule has 0 amide bonds. The second-order valence-corrected chi connectivity index (χ2v) is 5.29. The molecule has 1 aromatic carbocycles. The molecule has 0 aliphatic heterocycles. The van der Waals surface area contributed by atoms with Crippen molar-refractivity contribution in [2.75, 3.05) is 29.6 Å². The summed E-state index contributed by atoms with van der Waals surface area (Å²) < 4.78 is 1.77. The fourth-order valence-corrected chi connectivity index (χ4v) is 2.58. The first-order valence-corrected chi connectivity index (χ1v) is 7.44. The van der Waals surface area contributed by atoms with Crippen LogP contribution in [0.5, 0.6) is 0 Å². The molecule has 122 valence electrons. The molecule has 0 radical (unpaired) electrons. The summed E-state index contributed by atoms with van der Waals surface area (Å²) in [5.74, 6) is 0.754. The summed E-state index contributed by atoms with van der Waals surface area (Å²) in [5.41, 5.74) is 11.5. The minimum Gasteiger partial charge on any atom is -0.395 e. The number of hydrogen-bond donors (Lipinski definition) is 5. The number of aromatic amines is 1. The maximum absolute atomic E-state index is 8.98. The topological polar surface area (TPSA) is 130 Å². The number of aliphatic hydroxyl groups excluding tert-OH is 1. The second kappa shape index (κ2) is 5.70. The zero-order valence-electron chi connectivity index (χ0n) is 12.7. The number of hydrogen-bond acceptors (Lipinski definition) is 7. The van der Waals surface area contributed by atoms with Crippen molar-refractivity contribution in [3.05, 3.63) is 36.7 Å². The van der Waals surface area contributed by atoms with Gasteiger partial charge in [0, 0.05) is 18.1 Å². The third kappa shape index (κ3) is 2.46. The van der Waals surface area contributed by atoms with E-state index in [0.29, 0.717) is 18.0 Å². The Morgan fingerprint density at radius 2 is 2.17 bits per heavy atom. The van der Waals surface area contributed by atoms with Gasteiger partial charge in [-0.3, -0.25) is 10.5 Å². The van der Waals surface area contributed by atoms with Crippen molar-refractivity contribution in [2.45, 2.75) is 0 Å². The van der Waals surface area contributed by atoms with Crippen molar-refractivity contribution in [3.63, 3.8) is 0 Å². The molecule has 0 aliphatic rings. The van der Waals surface area contributed by atoms with Gasteiger partial charge in [-0.25, -0.2) is 4.68 Å². The second-order valence-electron chi connectivity index (χ2n) is 5.29. The van der Waals surface area contributed by atoms with Crippen LogP contribution in [0.25, 0.3) is 21.9 Å². The smallest absolute Gasteiger partial charge is 0.224 e. The van der Waals surface area contributed by atoms with Gasteiger partial charge in [-0.2, -0.15) is 15.1 Å². The molecule has 0 unspecified atom stereocenters. The molecule has 0 aliphatic carbocycles. The van der Waals surface area contributed by atoms with E-state index >= 15 is 0 Å². The molecule has 0 bridgehead atoms. The van der Waals surface area contributed by atoms with Crippen LogP contribution < -0.4 is 16.5 Å². The van der Waals surface area contributed by atoms with Gasteiger partial charge in [0.15, 0.2) is 5.65 Å². The van der Waals surface area contributed by atoms with Crippen LogP contribution in [-0.2, 0) is 0 Å². The van der Waals surface area contributed by atoms with Crippen LogP contribution in [0, 0.1) is 0 Å². The summed E-state index contributed by atoms with van der Waals surface area (Å²) in [6.07, 6.45) is 3.62. The highest BCUT2D eigenvalue weighted by Gasteiger charge is 2.11. The highest BCUT2D eigenvalue weighted by atomic mass is 16.3. The molecule has 4 aromatic rings. The van der Waals surface area contributed by atoms with Crippen LogP contribution in [-0.4, -0.2) is 43.1 Å². The maximum atomic E-state index is 8.98. The van der Waals surface area contributed by atoms with Gasteiger partial charge < -0.3 is 16.2 Å². The molecule has 0 fully saturated rings. The number of aromatic nitrogens is 5. The Balaban J connectivity index is 1.72. The van der Waals surface area contributed by atoms with Gasteiger partial charge in [-0.15, -0.1) is 0 Å². The Hall–Kier alpha value is -3.33. The molecular formula is C15H16N8O. The Bertz CT molecular complexity index is 1010. The molecule has 0 saturated carbocycles.